The first-order valence-electron chi connectivity index (χ1n) is 8.23. The number of hydrogen-bond donors (Lipinski definition) is 0. The van der Waals surface area contributed by atoms with Crippen molar-refractivity contribution in [3.8, 4) is 0 Å². The predicted octanol–water partition coefficient (Wildman–Crippen LogP) is 2.71. The summed E-state index contributed by atoms with van der Waals surface area (Å²) in [5.41, 5.74) is 1.32. The number of carbonyl (C=O) groups excluding carboxylic acids is 1. The molecule has 1 aliphatic rings. The van der Waals surface area contributed by atoms with E-state index >= 15 is 0 Å². The van der Waals surface area contributed by atoms with E-state index in [1.165, 1.54) is 12.1 Å². The predicted molar refractivity (Wildman–Crippen MR) is 90.9 cm³/mol. The monoisotopic (exact) mass is 340 g/mol. The van der Waals surface area contributed by atoms with Gasteiger partial charge in [0.2, 0.25) is 5.65 Å². The van der Waals surface area contributed by atoms with Crippen LogP contribution in [0.3, 0.4) is 0 Å². The molecular formula is C18H17FN4O2. The molecule has 0 spiro atoms. The van der Waals surface area contributed by atoms with E-state index in [9.17, 15) is 9.18 Å². The highest BCUT2D eigenvalue weighted by Gasteiger charge is 2.24. The van der Waals surface area contributed by atoms with Crippen molar-refractivity contribution in [1.82, 2.24) is 14.9 Å². The molecule has 0 aliphatic carbocycles. The van der Waals surface area contributed by atoms with E-state index in [4.69, 9.17) is 4.42 Å². The molecule has 0 radical (unpaired) electrons. The second-order valence-electron chi connectivity index (χ2n) is 5.93. The normalized spacial score (nSPS) is 15.4. The molecule has 1 saturated heterocycles. The maximum atomic E-state index is 13.9. The molecule has 0 atom stereocenters. The summed E-state index contributed by atoms with van der Waals surface area (Å²) in [6, 6.07) is 10.2. The van der Waals surface area contributed by atoms with Crippen LogP contribution in [0.1, 0.15) is 16.8 Å². The van der Waals surface area contributed by atoms with Crippen molar-refractivity contribution in [2.45, 2.75) is 6.42 Å². The first-order valence-corrected chi connectivity index (χ1v) is 8.23. The maximum absolute atomic E-state index is 13.9. The highest BCUT2D eigenvalue weighted by atomic mass is 19.1. The summed E-state index contributed by atoms with van der Waals surface area (Å²) in [4.78, 5) is 24.8. The molecule has 0 bridgehead atoms. The van der Waals surface area contributed by atoms with E-state index < -0.39 is 5.82 Å². The number of pyridine rings is 1. The molecule has 6 nitrogen and oxygen atoms in total. The number of benzene rings is 1. The Morgan fingerprint density at radius 1 is 1.08 bits per heavy atom. The van der Waals surface area contributed by atoms with Gasteiger partial charge in [-0.1, -0.05) is 12.1 Å². The van der Waals surface area contributed by atoms with Gasteiger partial charge in [-0.15, -0.1) is 0 Å². The van der Waals surface area contributed by atoms with Crippen molar-refractivity contribution in [3.05, 3.63) is 54.0 Å². The van der Waals surface area contributed by atoms with Crippen molar-refractivity contribution in [3.63, 3.8) is 0 Å². The molecule has 1 amide bonds. The fourth-order valence-electron chi connectivity index (χ4n) is 3.01. The summed E-state index contributed by atoms with van der Waals surface area (Å²) >= 11 is 0. The van der Waals surface area contributed by atoms with Crippen molar-refractivity contribution in [2.24, 2.45) is 0 Å². The Morgan fingerprint density at radius 3 is 2.80 bits per heavy atom. The van der Waals surface area contributed by atoms with E-state index in [0.717, 1.165) is 6.42 Å². The van der Waals surface area contributed by atoms with Crippen LogP contribution in [0.2, 0.25) is 0 Å². The molecule has 7 heteroatoms. The van der Waals surface area contributed by atoms with E-state index in [0.29, 0.717) is 43.4 Å². The van der Waals surface area contributed by atoms with Gasteiger partial charge < -0.3 is 14.2 Å². The number of amides is 1. The van der Waals surface area contributed by atoms with E-state index in [1.54, 1.807) is 29.3 Å². The van der Waals surface area contributed by atoms with Gasteiger partial charge in [0.1, 0.15) is 5.82 Å². The van der Waals surface area contributed by atoms with E-state index in [2.05, 4.69) is 9.97 Å². The number of rotatable bonds is 2. The number of halogens is 1. The Hall–Kier alpha value is -2.96. The standard InChI is InChI=1S/C18H17FN4O2/c19-14-6-2-1-5-13(14)17(24)22-9-4-10-23(12-11-22)18-21-16-15(25-18)7-3-8-20-16/h1-3,5-8H,4,9-12H2. The molecule has 128 valence electrons. The molecule has 1 aromatic carbocycles. The minimum absolute atomic E-state index is 0.113. The molecule has 3 heterocycles. The molecule has 4 rings (SSSR count). The highest BCUT2D eigenvalue weighted by molar-refractivity contribution is 5.94. The molecule has 2 aromatic heterocycles. The summed E-state index contributed by atoms with van der Waals surface area (Å²) in [6.07, 6.45) is 2.43. The zero-order valence-corrected chi connectivity index (χ0v) is 13.6. The van der Waals surface area contributed by atoms with Gasteiger partial charge in [0, 0.05) is 32.4 Å². The van der Waals surface area contributed by atoms with Crippen LogP contribution < -0.4 is 4.90 Å². The van der Waals surface area contributed by atoms with Crippen LogP contribution in [-0.4, -0.2) is 47.0 Å². The van der Waals surface area contributed by atoms with Gasteiger partial charge in [0.25, 0.3) is 11.9 Å². The number of oxazole rings is 1. The summed E-state index contributed by atoms with van der Waals surface area (Å²) in [7, 11) is 0. The Morgan fingerprint density at radius 2 is 1.96 bits per heavy atom. The number of carbonyl (C=O) groups is 1. The smallest absolute Gasteiger partial charge is 0.300 e. The minimum Gasteiger partial charge on any atom is -0.422 e. The lowest BCUT2D eigenvalue weighted by atomic mass is 10.2. The SMILES string of the molecule is O=C(c1ccccc1F)N1CCCN(c2nc3ncccc3o2)CC1. The topological polar surface area (TPSA) is 62.5 Å². The van der Waals surface area contributed by atoms with Crippen molar-refractivity contribution in [1.29, 1.82) is 0 Å². The quantitative estimate of drug-likeness (QED) is 0.718. The molecule has 0 N–H and O–H groups in total. The molecule has 0 unspecified atom stereocenters. The Balaban J connectivity index is 1.50. The minimum atomic E-state index is -0.487. The third-order valence-electron chi connectivity index (χ3n) is 4.31. The maximum Gasteiger partial charge on any atom is 0.300 e. The molecular weight excluding hydrogens is 323 g/mol. The Kier molecular flexibility index (Phi) is 4.05. The summed E-state index contributed by atoms with van der Waals surface area (Å²) in [5.74, 6) is -0.766. The molecule has 1 fully saturated rings. The van der Waals surface area contributed by atoms with Gasteiger partial charge in [-0.2, -0.15) is 4.98 Å². The van der Waals surface area contributed by atoms with Crippen LogP contribution in [-0.2, 0) is 0 Å². The van der Waals surface area contributed by atoms with Gasteiger partial charge >= 0.3 is 0 Å². The van der Waals surface area contributed by atoms with Crippen LogP contribution >= 0.6 is 0 Å². The van der Waals surface area contributed by atoms with Crippen LogP contribution in [0.25, 0.3) is 11.2 Å². The number of aromatic nitrogens is 2. The average molecular weight is 340 g/mol. The van der Waals surface area contributed by atoms with E-state index in [1.807, 2.05) is 11.0 Å². The lowest BCUT2D eigenvalue weighted by molar-refractivity contribution is 0.0762. The Labute approximate surface area is 143 Å². The summed E-state index contributed by atoms with van der Waals surface area (Å²) in [6.45, 7) is 2.35. The summed E-state index contributed by atoms with van der Waals surface area (Å²) in [5, 5.41) is 0. The molecule has 25 heavy (non-hydrogen) atoms. The van der Waals surface area contributed by atoms with Crippen molar-refractivity contribution in [2.75, 3.05) is 31.1 Å². The van der Waals surface area contributed by atoms with Gasteiger partial charge in [-0.05, 0) is 30.7 Å². The zero-order valence-electron chi connectivity index (χ0n) is 13.6. The number of nitrogens with zero attached hydrogens (tertiary/aromatic N) is 4. The average Bonchev–Trinajstić information content (AvgIpc) is 2.91. The van der Waals surface area contributed by atoms with Gasteiger partial charge in [-0.3, -0.25) is 4.79 Å². The van der Waals surface area contributed by atoms with Gasteiger partial charge in [0.15, 0.2) is 5.58 Å². The third-order valence-corrected chi connectivity index (χ3v) is 4.31. The van der Waals surface area contributed by atoms with Crippen molar-refractivity contribution < 1.29 is 13.6 Å². The fraction of sp³-hybridized carbons (Fsp3) is 0.278. The molecule has 1 aliphatic heterocycles. The lowest BCUT2D eigenvalue weighted by Gasteiger charge is -2.21. The highest BCUT2D eigenvalue weighted by Crippen LogP contribution is 2.22. The van der Waals surface area contributed by atoms with Gasteiger partial charge in [0.05, 0.1) is 5.56 Å². The zero-order chi connectivity index (χ0) is 17.2. The van der Waals surface area contributed by atoms with Crippen LogP contribution in [0, 0.1) is 5.82 Å². The fourth-order valence-corrected chi connectivity index (χ4v) is 3.01. The molecule has 3 aromatic rings. The first-order chi connectivity index (χ1) is 12.2. The van der Waals surface area contributed by atoms with Crippen LogP contribution in [0.5, 0.6) is 0 Å². The molecule has 0 saturated carbocycles. The third kappa shape index (κ3) is 3.05. The number of anilines is 1. The van der Waals surface area contributed by atoms with Crippen molar-refractivity contribution >= 4 is 23.2 Å². The largest absolute Gasteiger partial charge is 0.422 e. The second kappa shape index (κ2) is 6.51. The second-order valence-corrected chi connectivity index (χ2v) is 5.93. The lowest BCUT2D eigenvalue weighted by Crippen LogP contribution is -2.35. The summed E-state index contributed by atoms with van der Waals surface area (Å²) < 4.78 is 19.6. The number of fused-ring (bicyclic) bond motifs is 1. The first kappa shape index (κ1) is 15.6. The van der Waals surface area contributed by atoms with E-state index in [-0.39, 0.29) is 11.5 Å². The van der Waals surface area contributed by atoms with Crippen LogP contribution in [0.4, 0.5) is 10.4 Å². The van der Waals surface area contributed by atoms with Gasteiger partial charge in [-0.25, -0.2) is 9.37 Å². The van der Waals surface area contributed by atoms with Crippen LogP contribution in [0.15, 0.2) is 47.0 Å². The number of hydrogen-bond acceptors (Lipinski definition) is 5. The Bertz CT molecular complexity index is 878.